The molecule has 68 valence electrons. The molecule has 0 unspecified atom stereocenters. The maximum atomic E-state index is 10.8. The first-order valence-electron chi connectivity index (χ1n) is 3.26. The summed E-state index contributed by atoms with van der Waals surface area (Å²) in [5, 5.41) is 13.4. The van der Waals surface area contributed by atoms with Crippen molar-refractivity contribution in [1.82, 2.24) is 0 Å². The van der Waals surface area contributed by atoms with Gasteiger partial charge in [0.2, 0.25) is 10.0 Å². The van der Waals surface area contributed by atoms with Crippen molar-refractivity contribution in [1.29, 1.82) is 0 Å². The fourth-order valence-electron chi connectivity index (χ4n) is 0.756. The lowest BCUT2D eigenvalue weighted by Crippen LogP contribution is -2.09. The van der Waals surface area contributed by atoms with Crippen molar-refractivity contribution in [2.24, 2.45) is 5.14 Å². The largest absolute Gasteiger partial charge is 0.396 e. The molecule has 0 atom stereocenters. The summed E-state index contributed by atoms with van der Waals surface area (Å²) in [6, 6.07) is 3.10. The molecule has 3 N–H and O–H groups in total. The van der Waals surface area contributed by atoms with Gasteiger partial charge in [-0.2, -0.15) is 0 Å². The molecule has 0 aliphatic carbocycles. The zero-order valence-corrected chi connectivity index (χ0v) is 7.86. The Bertz CT molecular complexity index is 355. The van der Waals surface area contributed by atoms with Crippen LogP contribution in [0.15, 0.2) is 16.3 Å². The number of nitrogens with two attached hydrogens (primary N) is 1. The van der Waals surface area contributed by atoms with E-state index in [1.54, 1.807) is 6.07 Å². The van der Waals surface area contributed by atoms with Gasteiger partial charge in [0.1, 0.15) is 4.21 Å². The Hall–Kier alpha value is -0.430. The van der Waals surface area contributed by atoms with E-state index in [0.717, 1.165) is 16.2 Å². The van der Waals surface area contributed by atoms with Crippen LogP contribution < -0.4 is 5.14 Å². The first kappa shape index (κ1) is 9.66. The summed E-state index contributed by atoms with van der Waals surface area (Å²) >= 11 is 1.09. The third-order valence-corrected chi connectivity index (χ3v) is 3.86. The number of hydrogen-bond donors (Lipinski definition) is 2. The summed E-state index contributed by atoms with van der Waals surface area (Å²) < 4.78 is 21.7. The van der Waals surface area contributed by atoms with Gasteiger partial charge in [-0.15, -0.1) is 11.3 Å². The SMILES string of the molecule is NS(=O)(=O)c1ccc(CCO)s1. The molecular formula is C6H9NO3S2. The molecule has 0 radical (unpaired) electrons. The lowest BCUT2D eigenvalue weighted by atomic mass is 10.4. The average Bonchev–Trinajstić information content (AvgIpc) is 2.35. The van der Waals surface area contributed by atoms with Crippen LogP contribution in [0.4, 0.5) is 0 Å². The molecule has 0 bridgehead atoms. The third kappa shape index (κ3) is 2.28. The van der Waals surface area contributed by atoms with Crippen molar-refractivity contribution in [3.8, 4) is 0 Å². The highest BCUT2D eigenvalue weighted by atomic mass is 32.2. The molecule has 0 aliphatic rings. The van der Waals surface area contributed by atoms with Crippen molar-refractivity contribution in [2.45, 2.75) is 10.6 Å². The van der Waals surface area contributed by atoms with E-state index in [4.69, 9.17) is 10.2 Å². The van der Waals surface area contributed by atoms with Crippen LogP contribution in [0.2, 0.25) is 0 Å². The number of thiophene rings is 1. The number of hydrogen-bond acceptors (Lipinski definition) is 4. The first-order chi connectivity index (χ1) is 5.54. The number of sulfonamides is 1. The third-order valence-electron chi connectivity index (χ3n) is 1.28. The minimum absolute atomic E-state index is 0.0184. The van der Waals surface area contributed by atoms with Crippen LogP contribution in [0.25, 0.3) is 0 Å². The zero-order chi connectivity index (χ0) is 9.19. The second-order valence-corrected chi connectivity index (χ2v) is 5.20. The second kappa shape index (κ2) is 3.53. The highest BCUT2D eigenvalue weighted by Gasteiger charge is 2.10. The lowest BCUT2D eigenvalue weighted by Gasteiger charge is -1.90. The van der Waals surface area contributed by atoms with Gasteiger partial charge < -0.3 is 5.11 Å². The average molecular weight is 207 g/mol. The van der Waals surface area contributed by atoms with Gasteiger partial charge in [0, 0.05) is 17.9 Å². The highest BCUT2D eigenvalue weighted by molar-refractivity contribution is 7.91. The Balaban J connectivity index is 2.92. The van der Waals surface area contributed by atoms with Gasteiger partial charge in [-0.3, -0.25) is 0 Å². The Kier molecular flexibility index (Phi) is 2.84. The number of aliphatic hydroxyl groups is 1. The zero-order valence-electron chi connectivity index (χ0n) is 6.23. The molecule has 4 nitrogen and oxygen atoms in total. The van der Waals surface area contributed by atoms with E-state index in [1.807, 2.05) is 0 Å². The number of aliphatic hydroxyl groups excluding tert-OH is 1. The Labute approximate surface area is 74.7 Å². The molecule has 1 rings (SSSR count). The van der Waals surface area contributed by atoms with E-state index >= 15 is 0 Å². The molecular weight excluding hydrogens is 198 g/mol. The molecule has 0 aromatic carbocycles. The van der Waals surface area contributed by atoms with E-state index in [9.17, 15) is 8.42 Å². The lowest BCUT2D eigenvalue weighted by molar-refractivity contribution is 0.300. The Morgan fingerprint density at radius 1 is 1.50 bits per heavy atom. The second-order valence-electron chi connectivity index (χ2n) is 2.24. The summed E-state index contributed by atoms with van der Waals surface area (Å²) in [7, 11) is -3.56. The van der Waals surface area contributed by atoms with Gasteiger partial charge in [0.05, 0.1) is 0 Å². The first-order valence-corrected chi connectivity index (χ1v) is 5.62. The molecule has 6 heteroatoms. The minimum Gasteiger partial charge on any atom is -0.396 e. The van der Waals surface area contributed by atoms with Crippen molar-refractivity contribution in [2.75, 3.05) is 6.61 Å². The molecule has 12 heavy (non-hydrogen) atoms. The van der Waals surface area contributed by atoms with Gasteiger partial charge in [0.25, 0.3) is 0 Å². The number of primary sulfonamides is 1. The van der Waals surface area contributed by atoms with Crippen LogP contribution in [0.5, 0.6) is 0 Å². The van der Waals surface area contributed by atoms with Crippen molar-refractivity contribution in [3.63, 3.8) is 0 Å². The maximum Gasteiger partial charge on any atom is 0.247 e. The van der Waals surface area contributed by atoms with Crippen LogP contribution in [0.1, 0.15) is 4.88 Å². The molecule has 0 spiro atoms. The summed E-state index contributed by atoms with van der Waals surface area (Å²) in [6.45, 7) is 0.0184. The van der Waals surface area contributed by atoms with Crippen LogP contribution >= 0.6 is 11.3 Å². The molecule has 0 amide bonds. The van der Waals surface area contributed by atoms with Gasteiger partial charge in [0.15, 0.2) is 0 Å². The fraction of sp³-hybridized carbons (Fsp3) is 0.333. The summed E-state index contributed by atoms with van der Waals surface area (Å²) in [6.07, 6.45) is 0.472. The highest BCUT2D eigenvalue weighted by Crippen LogP contribution is 2.20. The summed E-state index contributed by atoms with van der Waals surface area (Å²) in [4.78, 5) is 0.821. The molecule has 0 saturated carbocycles. The van der Waals surface area contributed by atoms with Crippen LogP contribution in [-0.2, 0) is 16.4 Å². The normalized spacial score (nSPS) is 11.8. The van der Waals surface area contributed by atoms with Gasteiger partial charge in [-0.1, -0.05) is 0 Å². The van der Waals surface area contributed by atoms with Crippen molar-refractivity contribution >= 4 is 21.4 Å². The van der Waals surface area contributed by atoms with E-state index in [2.05, 4.69) is 0 Å². The van der Waals surface area contributed by atoms with Crippen molar-refractivity contribution in [3.05, 3.63) is 17.0 Å². The number of rotatable bonds is 3. The quantitative estimate of drug-likeness (QED) is 0.728. The van der Waals surface area contributed by atoms with Crippen LogP contribution in [0, 0.1) is 0 Å². The van der Waals surface area contributed by atoms with Gasteiger partial charge >= 0.3 is 0 Å². The van der Waals surface area contributed by atoms with Crippen LogP contribution in [-0.4, -0.2) is 20.1 Å². The summed E-state index contributed by atoms with van der Waals surface area (Å²) in [5.41, 5.74) is 0. The van der Waals surface area contributed by atoms with Gasteiger partial charge in [-0.05, 0) is 12.1 Å². The Morgan fingerprint density at radius 2 is 2.17 bits per heavy atom. The van der Waals surface area contributed by atoms with E-state index < -0.39 is 10.0 Å². The van der Waals surface area contributed by atoms with E-state index in [1.165, 1.54) is 6.07 Å². The molecule has 0 saturated heterocycles. The van der Waals surface area contributed by atoms with Gasteiger partial charge in [-0.25, -0.2) is 13.6 Å². The topological polar surface area (TPSA) is 80.4 Å². The predicted octanol–water partition coefficient (Wildman–Crippen LogP) is -0.0697. The standard InChI is InChI=1S/C6H9NO3S2/c7-12(9,10)6-2-1-5(11-6)3-4-8/h1-2,8H,3-4H2,(H2,7,9,10). The smallest absolute Gasteiger partial charge is 0.247 e. The van der Waals surface area contributed by atoms with Crippen molar-refractivity contribution < 1.29 is 13.5 Å². The Morgan fingerprint density at radius 3 is 2.58 bits per heavy atom. The molecule has 1 aromatic heterocycles. The van der Waals surface area contributed by atoms with Crippen LogP contribution in [0.3, 0.4) is 0 Å². The molecule has 1 heterocycles. The minimum atomic E-state index is -3.56. The van der Waals surface area contributed by atoms with E-state index in [-0.39, 0.29) is 10.8 Å². The maximum absolute atomic E-state index is 10.8. The monoisotopic (exact) mass is 207 g/mol. The summed E-state index contributed by atoms with van der Waals surface area (Å²) in [5.74, 6) is 0. The predicted molar refractivity (Wildman–Crippen MR) is 46.5 cm³/mol. The van der Waals surface area contributed by atoms with E-state index in [0.29, 0.717) is 6.42 Å². The molecule has 0 aliphatic heterocycles. The molecule has 0 fully saturated rings. The fourth-order valence-corrected chi connectivity index (χ4v) is 2.52. The molecule has 1 aromatic rings.